The lowest BCUT2D eigenvalue weighted by Crippen LogP contribution is -2.26. The van der Waals surface area contributed by atoms with Crippen molar-refractivity contribution < 1.29 is 9.53 Å². The number of unbranched alkanes of at least 4 members (excludes halogenated alkanes) is 1. The van der Waals surface area contributed by atoms with E-state index < -0.39 is 0 Å². The molecule has 1 N–H and O–H groups in total. The molecule has 0 saturated carbocycles. The second kappa shape index (κ2) is 7.96. The third-order valence-corrected chi connectivity index (χ3v) is 2.67. The van der Waals surface area contributed by atoms with Crippen molar-refractivity contribution in [3.8, 4) is 5.75 Å². The zero-order valence-corrected chi connectivity index (χ0v) is 10.8. The van der Waals surface area contributed by atoms with Crippen LogP contribution in [0.15, 0.2) is 24.3 Å². The third-order valence-electron chi connectivity index (χ3n) is 2.41. The molecule has 4 heteroatoms. The normalized spacial score (nSPS) is 10.0. The molecule has 0 aliphatic heterocycles. The summed E-state index contributed by atoms with van der Waals surface area (Å²) < 4.78 is 5.05. The van der Waals surface area contributed by atoms with Crippen LogP contribution in [0.2, 0.25) is 0 Å². The number of alkyl halides is 1. The zero-order chi connectivity index (χ0) is 12.5. The van der Waals surface area contributed by atoms with Gasteiger partial charge in [0.2, 0.25) is 5.91 Å². The van der Waals surface area contributed by atoms with Crippen molar-refractivity contribution in [1.29, 1.82) is 0 Å². The molecule has 0 aliphatic carbocycles. The van der Waals surface area contributed by atoms with Gasteiger partial charge in [-0.3, -0.25) is 4.79 Å². The first-order valence-corrected chi connectivity index (χ1v) is 6.25. The molecule has 0 bridgehead atoms. The second-order valence-electron chi connectivity index (χ2n) is 3.77. The molecule has 0 atom stereocenters. The quantitative estimate of drug-likeness (QED) is 0.600. The fraction of sp³-hybridized carbons (Fsp3) is 0.462. The Bertz CT molecular complexity index is 338. The lowest BCUT2D eigenvalue weighted by Gasteiger charge is -2.05. The Morgan fingerprint density at radius 2 is 2.00 bits per heavy atom. The van der Waals surface area contributed by atoms with Crippen molar-refractivity contribution in [3.63, 3.8) is 0 Å². The van der Waals surface area contributed by atoms with E-state index in [0.29, 0.717) is 18.8 Å². The van der Waals surface area contributed by atoms with E-state index in [9.17, 15) is 4.79 Å². The Hall–Kier alpha value is -1.22. The number of hydrogen-bond donors (Lipinski definition) is 1. The van der Waals surface area contributed by atoms with E-state index in [4.69, 9.17) is 16.3 Å². The molecule has 3 nitrogen and oxygen atoms in total. The van der Waals surface area contributed by atoms with Crippen LogP contribution in [0, 0.1) is 0 Å². The van der Waals surface area contributed by atoms with Crippen LogP contribution in [0.25, 0.3) is 0 Å². The largest absolute Gasteiger partial charge is 0.497 e. The fourth-order valence-corrected chi connectivity index (χ4v) is 1.63. The van der Waals surface area contributed by atoms with E-state index in [1.807, 2.05) is 24.3 Å². The lowest BCUT2D eigenvalue weighted by atomic mass is 10.1. The zero-order valence-electron chi connectivity index (χ0n) is 10.0. The van der Waals surface area contributed by atoms with Crippen molar-refractivity contribution in [2.75, 3.05) is 19.5 Å². The maximum Gasteiger partial charge on any atom is 0.224 e. The minimum atomic E-state index is 0.0461. The molecule has 0 spiro atoms. The standard InChI is InChI=1S/C13H18ClNO2/c1-17-12-6-4-11(5-7-12)10-13(16)15-9-3-2-8-14/h4-7H,2-3,8-10H2,1H3,(H,15,16). The van der Waals surface area contributed by atoms with Crippen LogP contribution >= 0.6 is 11.6 Å². The Balaban J connectivity index is 2.29. The van der Waals surface area contributed by atoms with Crippen LogP contribution in [0.1, 0.15) is 18.4 Å². The molecule has 0 aliphatic rings. The van der Waals surface area contributed by atoms with Gasteiger partial charge in [-0.05, 0) is 30.5 Å². The van der Waals surface area contributed by atoms with Crippen molar-refractivity contribution in [2.24, 2.45) is 0 Å². The van der Waals surface area contributed by atoms with Crippen LogP contribution in [-0.2, 0) is 11.2 Å². The minimum absolute atomic E-state index is 0.0461. The summed E-state index contributed by atoms with van der Waals surface area (Å²) in [4.78, 5) is 11.6. The summed E-state index contributed by atoms with van der Waals surface area (Å²) in [5.74, 6) is 1.50. The summed E-state index contributed by atoms with van der Waals surface area (Å²) in [7, 11) is 1.62. The number of halogens is 1. The summed E-state index contributed by atoms with van der Waals surface area (Å²) in [6, 6.07) is 7.51. The molecule has 0 heterocycles. The van der Waals surface area contributed by atoms with Gasteiger partial charge in [0.25, 0.3) is 0 Å². The summed E-state index contributed by atoms with van der Waals surface area (Å²) >= 11 is 5.55. The highest BCUT2D eigenvalue weighted by atomic mass is 35.5. The number of methoxy groups -OCH3 is 1. The number of ether oxygens (including phenoxy) is 1. The van der Waals surface area contributed by atoms with Crippen molar-refractivity contribution in [1.82, 2.24) is 5.32 Å². The molecule has 0 aromatic heterocycles. The Morgan fingerprint density at radius 1 is 1.29 bits per heavy atom. The molecule has 94 valence electrons. The molecular weight excluding hydrogens is 238 g/mol. The highest BCUT2D eigenvalue weighted by Gasteiger charge is 2.02. The lowest BCUT2D eigenvalue weighted by molar-refractivity contribution is -0.120. The van der Waals surface area contributed by atoms with E-state index in [1.165, 1.54) is 0 Å². The van der Waals surface area contributed by atoms with Gasteiger partial charge in [-0.2, -0.15) is 0 Å². The van der Waals surface area contributed by atoms with E-state index in [0.717, 1.165) is 24.2 Å². The van der Waals surface area contributed by atoms with Gasteiger partial charge in [0, 0.05) is 12.4 Å². The molecule has 1 amide bonds. The molecule has 0 radical (unpaired) electrons. The van der Waals surface area contributed by atoms with Gasteiger partial charge in [0.15, 0.2) is 0 Å². The van der Waals surface area contributed by atoms with E-state index >= 15 is 0 Å². The van der Waals surface area contributed by atoms with Crippen LogP contribution in [-0.4, -0.2) is 25.4 Å². The number of carbonyl (C=O) groups excluding carboxylic acids is 1. The van der Waals surface area contributed by atoms with Gasteiger partial charge < -0.3 is 10.1 Å². The number of nitrogens with one attached hydrogen (secondary N) is 1. The monoisotopic (exact) mass is 255 g/mol. The second-order valence-corrected chi connectivity index (χ2v) is 4.15. The predicted molar refractivity (Wildman–Crippen MR) is 69.7 cm³/mol. The Labute approximate surface area is 107 Å². The van der Waals surface area contributed by atoms with Gasteiger partial charge in [0.1, 0.15) is 5.75 Å². The van der Waals surface area contributed by atoms with Gasteiger partial charge in [-0.25, -0.2) is 0 Å². The summed E-state index contributed by atoms with van der Waals surface area (Å²) in [6.45, 7) is 0.696. The van der Waals surface area contributed by atoms with Crippen molar-refractivity contribution >= 4 is 17.5 Å². The Morgan fingerprint density at radius 3 is 2.59 bits per heavy atom. The molecule has 0 saturated heterocycles. The highest BCUT2D eigenvalue weighted by molar-refractivity contribution is 6.17. The van der Waals surface area contributed by atoms with Gasteiger partial charge >= 0.3 is 0 Å². The molecule has 1 aromatic rings. The van der Waals surface area contributed by atoms with Crippen LogP contribution < -0.4 is 10.1 Å². The summed E-state index contributed by atoms with van der Waals surface area (Å²) in [5, 5.41) is 2.87. The fourth-order valence-electron chi connectivity index (χ4n) is 1.44. The summed E-state index contributed by atoms with van der Waals surface area (Å²) in [6.07, 6.45) is 2.27. The number of rotatable bonds is 7. The number of carbonyl (C=O) groups is 1. The van der Waals surface area contributed by atoms with E-state index in [1.54, 1.807) is 7.11 Å². The maximum absolute atomic E-state index is 11.6. The number of hydrogen-bond acceptors (Lipinski definition) is 2. The molecule has 1 rings (SSSR count). The number of benzene rings is 1. The highest BCUT2D eigenvalue weighted by Crippen LogP contribution is 2.11. The van der Waals surface area contributed by atoms with Crippen molar-refractivity contribution in [3.05, 3.63) is 29.8 Å². The molecule has 17 heavy (non-hydrogen) atoms. The first-order chi connectivity index (χ1) is 8.26. The Kier molecular flexibility index (Phi) is 6.48. The van der Waals surface area contributed by atoms with E-state index in [-0.39, 0.29) is 5.91 Å². The average Bonchev–Trinajstić information content (AvgIpc) is 2.36. The SMILES string of the molecule is COc1ccc(CC(=O)NCCCCCl)cc1. The topological polar surface area (TPSA) is 38.3 Å². The predicted octanol–water partition coefficient (Wildman–Crippen LogP) is 2.37. The van der Waals surface area contributed by atoms with Crippen molar-refractivity contribution in [2.45, 2.75) is 19.3 Å². The minimum Gasteiger partial charge on any atom is -0.497 e. The molecular formula is C13H18ClNO2. The van der Waals surface area contributed by atoms with Gasteiger partial charge in [-0.15, -0.1) is 11.6 Å². The van der Waals surface area contributed by atoms with Gasteiger partial charge in [-0.1, -0.05) is 12.1 Å². The average molecular weight is 256 g/mol. The third kappa shape index (κ3) is 5.59. The first-order valence-electron chi connectivity index (χ1n) is 5.72. The van der Waals surface area contributed by atoms with E-state index in [2.05, 4.69) is 5.32 Å². The molecule has 1 aromatic carbocycles. The van der Waals surface area contributed by atoms with Crippen LogP contribution in [0.4, 0.5) is 0 Å². The molecule has 0 fully saturated rings. The smallest absolute Gasteiger partial charge is 0.224 e. The number of amides is 1. The first kappa shape index (κ1) is 13.8. The summed E-state index contributed by atoms with van der Waals surface area (Å²) in [5.41, 5.74) is 0.987. The van der Waals surface area contributed by atoms with Gasteiger partial charge in [0.05, 0.1) is 13.5 Å². The maximum atomic E-state index is 11.6. The molecule has 0 unspecified atom stereocenters. The van der Waals surface area contributed by atoms with Crippen LogP contribution in [0.5, 0.6) is 5.75 Å². The van der Waals surface area contributed by atoms with Crippen LogP contribution in [0.3, 0.4) is 0 Å².